The molecule has 0 radical (unpaired) electrons. The molecule has 5 unspecified atom stereocenters. The Morgan fingerprint density at radius 1 is 0.900 bits per heavy atom. The maximum absolute atomic E-state index is 12.9. The van der Waals surface area contributed by atoms with E-state index in [9.17, 15) is 19.2 Å². The average molecular weight is 563 g/mol. The van der Waals surface area contributed by atoms with E-state index >= 15 is 0 Å². The molecule has 1 saturated heterocycles. The minimum Gasteiger partial charge on any atom is -0.456 e. The van der Waals surface area contributed by atoms with Gasteiger partial charge in [-0.3, -0.25) is 14.4 Å². The molecule has 2 rings (SSSR count). The molecule has 1 heterocycles. The molecule has 0 amide bonds. The summed E-state index contributed by atoms with van der Waals surface area (Å²) in [6.45, 7) is 16.8. The van der Waals surface area contributed by atoms with E-state index in [1.807, 2.05) is 39.8 Å². The summed E-state index contributed by atoms with van der Waals surface area (Å²) in [5.41, 5.74) is 1.69. The first-order chi connectivity index (χ1) is 18.7. The topological polar surface area (TPSA) is 124 Å². The fraction of sp³-hybridized carbons (Fsp3) is 0.600. The first-order valence-electron chi connectivity index (χ1n) is 13.5. The number of carbonyl (C=O) groups is 4. The van der Waals surface area contributed by atoms with Crippen LogP contribution in [0.2, 0.25) is 0 Å². The molecule has 10 nitrogen and oxygen atoms in total. The van der Waals surface area contributed by atoms with Crippen molar-refractivity contribution in [1.82, 2.24) is 0 Å². The molecular weight excluding hydrogens is 520 g/mol. The highest BCUT2D eigenvalue weighted by atomic mass is 16.7. The number of benzene rings is 1. The van der Waals surface area contributed by atoms with Gasteiger partial charge in [0.1, 0.15) is 0 Å². The summed E-state index contributed by atoms with van der Waals surface area (Å²) < 4.78 is 35.1. The molecule has 0 bridgehead atoms. The number of hydrogen-bond acceptors (Lipinski definition) is 10. The van der Waals surface area contributed by atoms with E-state index in [0.717, 1.165) is 0 Å². The van der Waals surface area contributed by atoms with Gasteiger partial charge in [-0.1, -0.05) is 45.9 Å². The van der Waals surface area contributed by atoms with Crippen molar-refractivity contribution in [1.29, 1.82) is 0 Å². The van der Waals surface area contributed by atoms with E-state index in [-0.39, 0.29) is 29.8 Å². The Morgan fingerprint density at radius 3 is 2.08 bits per heavy atom. The molecular formula is C30H42O10. The zero-order valence-corrected chi connectivity index (χ0v) is 25.1. The van der Waals surface area contributed by atoms with Crippen LogP contribution < -0.4 is 9.47 Å². The van der Waals surface area contributed by atoms with Crippen molar-refractivity contribution in [2.45, 2.75) is 112 Å². The summed E-state index contributed by atoms with van der Waals surface area (Å²) >= 11 is 0. The van der Waals surface area contributed by atoms with Crippen LogP contribution in [0.1, 0.15) is 85.8 Å². The van der Waals surface area contributed by atoms with Gasteiger partial charge in [-0.25, -0.2) is 4.79 Å². The third kappa shape index (κ3) is 8.55. The van der Waals surface area contributed by atoms with Crippen LogP contribution in [0.15, 0.2) is 23.8 Å². The molecule has 0 spiro atoms. The zero-order valence-electron chi connectivity index (χ0n) is 25.1. The van der Waals surface area contributed by atoms with Crippen LogP contribution in [-0.4, -0.2) is 54.6 Å². The Hall–Kier alpha value is -3.40. The summed E-state index contributed by atoms with van der Waals surface area (Å²) in [5, 5.41) is 0. The summed E-state index contributed by atoms with van der Waals surface area (Å²) in [5.74, 6) is -2.06. The van der Waals surface area contributed by atoms with Crippen molar-refractivity contribution in [2.24, 2.45) is 5.92 Å². The molecule has 0 aromatic heterocycles. The third-order valence-corrected chi connectivity index (χ3v) is 6.31. The number of carbonyl (C=O) groups excluding carboxylic acids is 4. The van der Waals surface area contributed by atoms with Crippen molar-refractivity contribution >= 4 is 23.9 Å². The number of ether oxygens (including phenoxy) is 6. The maximum atomic E-state index is 12.9. The minimum absolute atomic E-state index is 0.0116. The second-order valence-electron chi connectivity index (χ2n) is 10.7. The van der Waals surface area contributed by atoms with E-state index in [1.165, 1.54) is 13.8 Å². The minimum atomic E-state index is -1.32. The van der Waals surface area contributed by atoms with Crippen LogP contribution in [0.3, 0.4) is 0 Å². The quantitative estimate of drug-likeness (QED) is 0.168. The third-order valence-electron chi connectivity index (χ3n) is 6.31. The highest BCUT2D eigenvalue weighted by Crippen LogP contribution is 2.41. The molecule has 10 heteroatoms. The van der Waals surface area contributed by atoms with Crippen molar-refractivity contribution in [3.05, 3.63) is 34.9 Å². The van der Waals surface area contributed by atoms with Gasteiger partial charge in [0.05, 0.1) is 6.10 Å². The monoisotopic (exact) mass is 562 g/mol. The van der Waals surface area contributed by atoms with Crippen LogP contribution in [0.4, 0.5) is 0 Å². The maximum Gasteiger partial charge on any atom is 0.333 e. The predicted molar refractivity (Wildman–Crippen MR) is 146 cm³/mol. The molecule has 1 aliphatic heterocycles. The Labute approximate surface area is 236 Å². The van der Waals surface area contributed by atoms with Crippen molar-refractivity contribution in [2.75, 3.05) is 0 Å². The number of hydrogen-bond donors (Lipinski definition) is 0. The smallest absolute Gasteiger partial charge is 0.333 e. The molecule has 1 aromatic carbocycles. The summed E-state index contributed by atoms with van der Waals surface area (Å²) in [6.07, 6.45) is -4.15. The van der Waals surface area contributed by atoms with Crippen LogP contribution in [0.25, 0.3) is 0 Å². The van der Waals surface area contributed by atoms with Gasteiger partial charge in [0.25, 0.3) is 0 Å². The Kier molecular flexibility index (Phi) is 11.7. The summed E-state index contributed by atoms with van der Waals surface area (Å²) in [7, 11) is 0. The molecule has 40 heavy (non-hydrogen) atoms. The van der Waals surface area contributed by atoms with Crippen molar-refractivity contribution in [3.8, 4) is 11.5 Å². The lowest BCUT2D eigenvalue weighted by Crippen LogP contribution is -2.62. The van der Waals surface area contributed by atoms with Gasteiger partial charge in [0.15, 0.2) is 23.7 Å². The van der Waals surface area contributed by atoms with Crippen molar-refractivity contribution < 1.29 is 47.6 Å². The van der Waals surface area contributed by atoms with Crippen LogP contribution >= 0.6 is 0 Å². The second kappa shape index (κ2) is 14.3. The van der Waals surface area contributed by atoms with Crippen LogP contribution in [-0.2, 0) is 38.1 Å². The fourth-order valence-corrected chi connectivity index (χ4v) is 4.19. The lowest BCUT2D eigenvalue weighted by atomic mass is 9.97. The molecule has 0 N–H and O–H groups in total. The van der Waals surface area contributed by atoms with E-state index in [4.69, 9.17) is 28.4 Å². The van der Waals surface area contributed by atoms with E-state index in [2.05, 4.69) is 0 Å². The number of esters is 4. The normalized spacial score (nSPS) is 23.0. The van der Waals surface area contributed by atoms with Gasteiger partial charge in [0, 0.05) is 31.4 Å². The van der Waals surface area contributed by atoms with Gasteiger partial charge < -0.3 is 28.4 Å². The van der Waals surface area contributed by atoms with Gasteiger partial charge in [-0.05, 0) is 45.1 Å². The van der Waals surface area contributed by atoms with Crippen LogP contribution in [0, 0.1) is 12.8 Å². The van der Waals surface area contributed by atoms with E-state index in [1.54, 1.807) is 33.8 Å². The number of rotatable bonds is 10. The molecule has 1 fully saturated rings. The first kappa shape index (κ1) is 32.8. The number of allylic oxidation sites excluding steroid dienone is 1. The van der Waals surface area contributed by atoms with Crippen LogP contribution in [0.5, 0.6) is 11.5 Å². The van der Waals surface area contributed by atoms with Gasteiger partial charge in [-0.2, -0.15) is 0 Å². The highest BCUT2D eigenvalue weighted by molar-refractivity contribution is 5.87. The SMILES string of the molecule is CC=C(C)C(=O)OC1C(C)OC(Oc2c(C(C)C)ccc(C)c2OC(C)=O)C(OC(C)=O)C1OC(=O)CC(C)C. The molecule has 1 aromatic rings. The molecule has 0 aliphatic carbocycles. The molecule has 1 aliphatic rings. The Bertz CT molecular complexity index is 1120. The Balaban J connectivity index is 2.63. The zero-order chi connectivity index (χ0) is 30.3. The highest BCUT2D eigenvalue weighted by Gasteiger charge is 2.52. The standard InChI is InChI=1S/C30H42O10/c1-11-17(6)29(34)39-25-19(8)35-30(28(37-21(10)32)27(25)38-23(33)14-15(2)3)40-26-22(16(4)5)13-12-18(7)24(26)36-20(9)31/h11-13,15-16,19,25,27-28,30H,14H2,1-10H3. The summed E-state index contributed by atoms with van der Waals surface area (Å²) in [4.78, 5) is 49.8. The largest absolute Gasteiger partial charge is 0.456 e. The van der Waals surface area contributed by atoms with Gasteiger partial charge in [0.2, 0.25) is 12.4 Å². The average Bonchev–Trinajstić information content (AvgIpc) is 2.83. The first-order valence-corrected chi connectivity index (χ1v) is 13.5. The molecule has 5 atom stereocenters. The Morgan fingerprint density at radius 2 is 1.55 bits per heavy atom. The lowest BCUT2D eigenvalue weighted by Gasteiger charge is -2.43. The fourth-order valence-electron chi connectivity index (χ4n) is 4.19. The lowest BCUT2D eigenvalue weighted by molar-refractivity contribution is -0.280. The summed E-state index contributed by atoms with van der Waals surface area (Å²) in [6, 6.07) is 3.66. The van der Waals surface area contributed by atoms with E-state index in [0.29, 0.717) is 16.7 Å². The number of aryl methyl sites for hydroxylation is 1. The predicted octanol–water partition coefficient (Wildman–Crippen LogP) is 4.93. The van der Waals surface area contributed by atoms with Crippen molar-refractivity contribution in [3.63, 3.8) is 0 Å². The molecule has 222 valence electrons. The second-order valence-corrected chi connectivity index (χ2v) is 10.7. The van der Waals surface area contributed by atoms with Gasteiger partial charge in [-0.15, -0.1) is 0 Å². The van der Waals surface area contributed by atoms with Gasteiger partial charge >= 0.3 is 23.9 Å². The van der Waals surface area contributed by atoms with E-state index < -0.39 is 54.6 Å². The molecule has 0 saturated carbocycles.